The zero-order chi connectivity index (χ0) is 14.7. The van der Waals surface area contributed by atoms with E-state index in [4.69, 9.17) is 0 Å². The van der Waals surface area contributed by atoms with Gasteiger partial charge in [-0.25, -0.2) is 0 Å². The van der Waals surface area contributed by atoms with Gasteiger partial charge in [-0.1, -0.05) is 0 Å². The number of carbonyl (C=O) groups excluding carboxylic acids is 1. The van der Waals surface area contributed by atoms with Gasteiger partial charge < -0.3 is 9.88 Å². The summed E-state index contributed by atoms with van der Waals surface area (Å²) in [4.78, 5) is 23.7. The topological polar surface area (TPSA) is 68.9 Å². The predicted octanol–water partition coefficient (Wildman–Crippen LogP) is 1.90. The third-order valence-corrected chi connectivity index (χ3v) is 2.99. The highest BCUT2D eigenvalue weighted by atomic mass is 16.2. The van der Waals surface area contributed by atoms with E-state index in [1.807, 2.05) is 20.8 Å². The molecular weight excluding hydrogens is 256 g/mol. The van der Waals surface area contributed by atoms with E-state index in [-0.39, 0.29) is 17.5 Å². The van der Waals surface area contributed by atoms with Crippen molar-refractivity contribution in [3.8, 4) is 0 Å². The van der Waals surface area contributed by atoms with Gasteiger partial charge in [-0.05, 0) is 26.8 Å². The average Bonchev–Trinajstić information content (AvgIpc) is 2.87. The largest absolute Gasteiger partial charge is 0.319 e. The van der Waals surface area contributed by atoms with Gasteiger partial charge in [0.15, 0.2) is 0 Å². The van der Waals surface area contributed by atoms with E-state index < -0.39 is 0 Å². The predicted molar refractivity (Wildman–Crippen MR) is 76.9 cm³/mol. The summed E-state index contributed by atoms with van der Waals surface area (Å²) in [5, 5.41) is 6.87. The molecule has 0 atom stereocenters. The number of carbonyl (C=O) groups is 1. The van der Waals surface area contributed by atoms with Crippen molar-refractivity contribution in [3.63, 3.8) is 0 Å². The Balaban J connectivity index is 2.15. The van der Waals surface area contributed by atoms with Crippen molar-refractivity contribution in [2.45, 2.75) is 33.4 Å². The molecule has 6 nitrogen and oxygen atoms in total. The van der Waals surface area contributed by atoms with E-state index in [0.717, 1.165) is 0 Å². The Hall–Kier alpha value is -2.37. The molecule has 0 aromatic carbocycles. The van der Waals surface area contributed by atoms with Crippen molar-refractivity contribution in [1.29, 1.82) is 0 Å². The highest BCUT2D eigenvalue weighted by molar-refractivity contribution is 6.03. The summed E-state index contributed by atoms with van der Waals surface area (Å²) in [6.45, 7) is 6.47. The number of amides is 1. The molecule has 6 heteroatoms. The fourth-order valence-electron chi connectivity index (χ4n) is 1.80. The molecule has 0 spiro atoms. The summed E-state index contributed by atoms with van der Waals surface area (Å²) >= 11 is 0. The first-order valence-electron chi connectivity index (χ1n) is 6.57. The molecule has 0 radical (unpaired) electrons. The monoisotopic (exact) mass is 274 g/mol. The highest BCUT2D eigenvalue weighted by Gasteiger charge is 2.09. The normalized spacial score (nSPS) is 10.8. The lowest BCUT2D eigenvalue weighted by Gasteiger charge is -2.05. The lowest BCUT2D eigenvalue weighted by Crippen LogP contribution is -2.21. The van der Waals surface area contributed by atoms with Crippen LogP contribution in [0, 0.1) is 0 Å². The van der Waals surface area contributed by atoms with Crippen LogP contribution in [0.5, 0.6) is 0 Å². The van der Waals surface area contributed by atoms with Gasteiger partial charge in [-0.3, -0.25) is 14.3 Å². The first-order valence-corrected chi connectivity index (χ1v) is 6.57. The van der Waals surface area contributed by atoms with Crippen molar-refractivity contribution >= 4 is 11.6 Å². The van der Waals surface area contributed by atoms with Crippen LogP contribution in [0.2, 0.25) is 0 Å². The maximum atomic E-state index is 12.0. The fourth-order valence-corrected chi connectivity index (χ4v) is 1.80. The smallest absolute Gasteiger partial charge is 0.256 e. The molecule has 0 bridgehead atoms. The van der Waals surface area contributed by atoms with E-state index in [1.165, 1.54) is 10.6 Å². The van der Waals surface area contributed by atoms with Crippen LogP contribution in [0.25, 0.3) is 0 Å². The van der Waals surface area contributed by atoms with E-state index in [9.17, 15) is 9.59 Å². The Morgan fingerprint density at radius 1 is 1.45 bits per heavy atom. The Kier molecular flexibility index (Phi) is 4.02. The quantitative estimate of drug-likeness (QED) is 0.925. The van der Waals surface area contributed by atoms with Gasteiger partial charge in [0.1, 0.15) is 0 Å². The molecule has 0 unspecified atom stereocenters. The van der Waals surface area contributed by atoms with Crippen molar-refractivity contribution in [2.24, 2.45) is 0 Å². The van der Waals surface area contributed by atoms with Crippen molar-refractivity contribution in [3.05, 3.63) is 46.6 Å². The number of anilines is 1. The Morgan fingerprint density at radius 2 is 2.20 bits per heavy atom. The molecule has 0 saturated heterocycles. The summed E-state index contributed by atoms with van der Waals surface area (Å²) in [5.74, 6) is -0.311. The van der Waals surface area contributed by atoms with Crippen molar-refractivity contribution < 1.29 is 4.79 Å². The van der Waals surface area contributed by atoms with Crippen LogP contribution in [0.15, 0.2) is 35.5 Å². The molecule has 20 heavy (non-hydrogen) atoms. The number of hydrogen-bond donors (Lipinski definition) is 1. The molecule has 0 aliphatic heterocycles. The fraction of sp³-hybridized carbons (Fsp3) is 0.357. The second kappa shape index (κ2) is 5.73. The van der Waals surface area contributed by atoms with Gasteiger partial charge in [-0.15, -0.1) is 0 Å². The number of nitrogens with one attached hydrogen (secondary N) is 1. The van der Waals surface area contributed by atoms with Gasteiger partial charge in [0, 0.05) is 36.6 Å². The second-order valence-corrected chi connectivity index (χ2v) is 4.80. The molecule has 2 aromatic rings. The molecule has 0 aliphatic rings. The average molecular weight is 274 g/mol. The van der Waals surface area contributed by atoms with Crippen molar-refractivity contribution in [1.82, 2.24) is 14.3 Å². The van der Waals surface area contributed by atoms with Gasteiger partial charge >= 0.3 is 0 Å². The molecule has 2 rings (SSSR count). The molecule has 2 heterocycles. The number of rotatable bonds is 4. The van der Waals surface area contributed by atoms with Crippen LogP contribution in [-0.2, 0) is 6.54 Å². The Labute approximate surface area is 117 Å². The Morgan fingerprint density at radius 3 is 2.75 bits per heavy atom. The lowest BCUT2D eigenvalue weighted by molar-refractivity contribution is 0.102. The zero-order valence-electron chi connectivity index (χ0n) is 11.8. The van der Waals surface area contributed by atoms with Crippen LogP contribution in [0.4, 0.5) is 5.69 Å². The molecule has 0 fully saturated rings. The number of hydrogen-bond acceptors (Lipinski definition) is 3. The number of pyridine rings is 1. The standard InChI is InChI=1S/C14H18N4O2/c1-4-17-6-5-11(7-13(17)19)14(20)16-12-8-15-18(9-12)10(2)3/h5-10H,4H2,1-3H3,(H,16,20). The SMILES string of the molecule is CCn1ccc(C(=O)Nc2cnn(C(C)C)c2)cc1=O. The molecular formula is C14H18N4O2. The maximum Gasteiger partial charge on any atom is 0.256 e. The third kappa shape index (κ3) is 2.96. The minimum atomic E-state index is -0.311. The summed E-state index contributed by atoms with van der Waals surface area (Å²) in [6, 6.07) is 3.20. The van der Waals surface area contributed by atoms with Crippen LogP contribution in [-0.4, -0.2) is 20.3 Å². The lowest BCUT2D eigenvalue weighted by atomic mass is 10.2. The summed E-state index contributed by atoms with van der Waals surface area (Å²) in [5.41, 5.74) is 0.776. The molecule has 0 saturated carbocycles. The highest BCUT2D eigenvalue weighted by Crippen LogP contribution is 2.11. The van der Waals surface area contributed by atoms with E-state index in [2.05, 4.69) is 10.4 Å². The van der Waals surface area contributed by atoms with Crippen molar-refractivity contribution in [2.75, 3.05) is 5.32 Å². The van der Waals surface area contributed by atoms with Gasteiger partial charge in [0.25, 0.3) is 11.5 Å². The van der Waals surface area contributed by atoms with Gasteiger partial charge in [-0.2, -0.15) is 5.10 Å². The van der Waals surface area contributed by atoms with E-state index >= 15 is 0 Å². The first kappa shape index (κ1) is 14.0. The Bertz CT molecular complexity index is 670. The zero-order valence-corrected chi connectivity index (χ0v) is 11.8. The van der Waals surface area contributed by atoms with E-state index in [1.54, 1.807) is 29.3 Å². The number of aryl methyl sites for hydroxylation is 1. The molecule has 0 aliphatic carbocycles. The molecule has 1 N–H and O–H groups in total. The van der Waals surface area contributed by atoms with Crippen LogP contribution in [0.1, 0.15) is 37.2 Å². The number of aromatic nitrogens is 3. The second-order valence-electron chi connectivity index (χ2n) is 4.80. The first-order chi connectivity index (χ1) is 9.51. The molecule has 2 aromatic heterocycles. The number of nitrogens with zero attached hydrogens (tertiary/aromatic N) is 3. The maximum absolute atomic E-state index is 12.0. The summed E-state index contributed by atoms with van der Waals surface area (Å²) in [7, 11) is 0. The minimum absolute atomic E-state index is 0.182. The van der Waals surface area contributed by atoms with E-state index in [0.29, 0.717) is 17.8 Å². The van der Waals surface area contributed by atoms with Crippen LogP contribution >= 0.6 is 0 Å². The van der Waals surface area contributed by atoms with Crippen LogP contribution < -0.4 is 10.9 Å². The van der Waals surface area contributed by atoms with Crippen LogP contribution in [0.3, 0.4) is 0 Å². The third-order valence-electron chi connectivity index (χ3n) is 2.99. The van der Waals surface area contributed by atoms with Gasteiger partial charge in [0.2, 0.25) is 0 Å². The molecule has 106 valence electrons. The summed E-state index contributed by atoms with van der Waals surface area (Å²) in [6.07, 6.45) is 4.97. The molecule has 1 amide bonds. The summed E-state index contributed by atoms with van der Waals surface area (Å²) < 4.78 is 3.29. The van der Waals surface area contributed by atoms with Gasteiger partial charge in [0.05, 0.1) is 11.9 Å². The minimum Gasteiger partial charge on any atom is -0.319 e.